The fraction of sp³-hybridized carbons (Fsp3) is 0.464. The zero-order valence-corrected chi connectivity index (χ0v) is 20.6. The van der Waals surface area contributed by atoms with E-state index in [2.05, 4.69) is 55.3 Å². The lowest BCUT2D eigenvalue weighted by Crippen LogP contribution is -2.57. The largest absolute Gasteiger partial charge is 0.508 e. The van der Waals surface area contributed by atoms with Crippen LogP contribution in [0.25, 0.3) is 0 Å². The molecule has 2 aromatic carbocycles. The van der Waals surface area contributed by atoms with Crippen LogP contribution in [0.5, 0.6) is 5.75 Å². The van der Waals surface area contributed by atoms with Crippen LogP contribution in [0.4, 0.5) is 0 Å². The van der Waals surface area contributed by atoms with E-state index in [0.717, 1.165) is 50.1 Å². The Hall–Kier alpha value is -2.63. The number of phenolic OH excluding ortho intramolecular Hbond substituents is 1. The monoisotopic (exact) mass is 449 g/mol. The molecule has 5 heteroatoms. The number of phenols is 1. The van der Waals surface area contributed by atoms with Gasteiger partial charge in [0.15, 0.2) is 0 Å². The van der Waals surface area contributed by atoms with Crippen LogP contribution in [-0.4, -0.2) is 71.0 Å². The van der Waals surface area contributed by atoms with Crippen molar-refractivity contribution in [1.29, 1.82) is 0 Å². The highest BCUT2D eigenvalue weighted by atomic mass is 16.3. The van der Waals surface area contributed by atoms with Gasteiger partial charge in [-0.05, 0) is 55.7 Å². The van der Waals surface area contributed by atoms with E-state index in [-0.39, 0.29) is 17.7 Å². The summed E-state index contributed by atoms with van der Waals surface area (Å²) in [6.07, 6.45) is 4.05. The predicted octanol–water partition coefficient (Wildman–Crippen LogP) is 4.93. The molecule has 33 heavy (non-hydrogen) atoms. The van der Waals surface area contributed by atoms with Gasteiger partial charge < -0.3 is 10.0 Å². The van der Waals surface area contributed by atoms with Crippen molar-refractivity contribution >= 4 is 5.91 Å². The Morgan fingerprint density at radius 3 is 2.52 bits per heavy atom. The first-order chi connectivity index (χ1) is 15.8. The summed E-state index contributed by atoms with van der Waals surface area (Å²) in [6.45, 7) is 14.1. The van der Waals surface area contributed by atoms with Crippen LogP contribution in [-0.2, 0) is 0 Å². The molecule has 3 atom stereocenters. The number of piperazine rings is 1. The summed E-state index contributed by atoms with van der Waals surface area (Å²) in [5.41, 5.74) is 2.90. The lowest BCUT2D eigenvalue weighted by molar-refractivity contribution is 0.0306. The van der Waals surface area contributed by atoms with Crippen molar-refractivity contribution < 1.29 is 9.90 Å². The van der Waals surface area contributed by atoms with Crippen molar-refractivity contribution in [3.63, 3.8) is 0 Å². The molecular weight excluding hydrogens is 410 g/mol. The number of carbonyl (C=O) groups is 1. The first kappa shape index (κ1) is 25.0. The van der Waals surface area contributed by atoms with E-state index in [9.17, 15) is 9.90 Å². The number of hydrogen-bond acceptors (Lipinski definition) is 4. The molecule has 1 fully saturated rings. The molecule has 1 N–H and O–H groups in total. The van der Waals surface area contributed by atoms with Gasteiger partial charge in [-0.3, -0.25) is 14.6 Å². The molecule has 3 unspecified atom stereocenters. The fourth-order valence-electron chi connectivity index (χ4n) is 4.80. The second-order valence-electron chi connectivity index (χ2n) is 9.34. The number of rotatable bonds is 9. The molecule has 0 aliphatic carbocycles. The van der Waals surface area contributed by atoms with Gasteiger partial charge in [-0.2, -0.15) is 0 Å². The number of benzene rings is 2. The number of carbonyl (C=O) groups excluding carboxylic acids is 1. The Kier molecular flexibility index (Phi) is 8.70. The van der Waals surface area contributed by atoms with Crippen LogP contribution in [0.1, 0.15) is 61.1 Å². The average Bonchev–Trinajstić information content (AvgIpc) is 2.81. The first-order valence-electron chi connectivity index (χ1n) is 12.1. The molecule has 0 bridgehead atoms. The molecule has 178 valence electrons. The third-order valence-corrected chi connectivity index (χ3v) is 6.71. The lowest BCUT2D eigenvalue weighted by atomic mass is 9.92. The van der Waals surface area contributed by atoms with Gasteiger partial charge in [-0.15, -0.1) is 6.58 Å². The van der Waals surface area contributed by atoms with Crippen molar-refractivity contribution in [1.82, 2.24) is 14.7 Å². The van der Waals surface area contributed by atoms with E-state index >= 15 is 0 Å². The number of hydrogen-bond donors (Lipinski definition) is 1. The standard InChI is InChI=1S/C28H39N3O2/c1-6-8-17-29(5)28(33)24-14-12-23(13-15-24)27(25-10-9-11-26(32)18-25)31-20-21(3)30(16-7-2)19-22(31)4/h7,9-15,18,21-22,27,32H,2,6,8,16-17,19-20H2,1,3-5H3. The second-order valence-corrected chi connectivity index (χ2v) is 9.34. The summed E-state index contributed by atoms with van der Waals surface area (Å²) < 4.78 is 0. The maximum absolute atomic E-state index is 12.8. The van der Waals surface area contributed by atoms with Gasteiger partial charge in [0, 0.05) is 50.9 Å². The minimum atomic E-state index is 0.00223. The van der Waals surface area contributed by atoms with E-state index in [0.29, 0.717) is 17.6 Å². The molecule has 0 aromatic heterocycles. The number of unbranched alkanes of at least 4 members (excludes halogenated alkanes) is 1. The van der Waals surface area contributed by atoms with Crippen LogP contribution in [0.3, 0.4) is 0 Å². The van der Waals surface area contributed by atoms with Gasteiger partial charge in [0.25, 0.3) is 5.91 Å². The van der Waals surface area contributed by atoms with E-state index in [1.807, 2.05) is 37.4 Å². The van der Waals surface area contributed by atoms with Crippen LogP contribution in [0.15, 0.2) is 61.2 Å². The highest BCUT2D eigenvalue weighted by molar-refractivity contribution is 5.94. The Morgan fingerprint density at radius 1 is 1.15 bits per heavy atom. The van der Waals surface area contributed by atoms with E-state index in [4.69, 9.17) is 0 Å². The molecule has 5 nitrogen and oxygen atoms in total. The minimum Gasteiger partial charge on any atom is -0.508 e. The number of amides is 1. The predicted molar refractivity (Wildman–Crippen MR) is 136 cm³/mol. The number of nitrogens with zero attached hydrogens (tertiary/aromatic N) is 3. The van der Waals surface area contributed by atoms with Crippen molar-refractivity contribution in [2.75, 3.05) is 33.2 Å². The maximum Gasteiger partial charge on any atom is 0.253 e. The molecule has 0 radical (unpaired) electrons. The van der Waals surface area contributed by atoms with Crippen molar-refractivity contribution in [3.8, 4) is 5.75 Å². The van der Waals surface area contributed by atoms with Crippen LogP contribution >= 0.6 is 0 Å². The topological polar surface area (TPSA) is 47.0 Å². The molecule has 1 amide bonds. The van der Waals surface area contributed by atoms with Gasteiger partial charge >= 0.3 is 0 Å². The summed E-state index contributed by atoms with van der Waals surface area (Å²) in [5.74, 6) is 0.330. The molecule has 0 saturated carbocycles. The van der Waals surface area contributed by atoms with Gasteiger partial charge in [0.1, 0.15) is 5.75 Å². The Labute approximate surface area is 199 Å². The minimum absolute atomic E-state index is 0.00223. The summed E-state index contributed by atoms with van der Waals surface area (Å²) in [6, 6.07) is 16.3. The van der Waals surface area contributed by atoms with Gasteiger partial charge in [0.2, 0.25) is 0 Å². The van der Waals surface area contributed by atoms with E-state index in [1.54, 1.807) is 11.0 Å². The Morgan fingerprint density at radius 2 is 1.88 bits per heavy atom. The molecule has 1 saturated heterocycles. The molecule has 1 heterocycles. The van der Waals surface area contributed by atoms with E-state index in [1.165, 1.54) is 0 Å². The Bertz CT molecular complexity index is 927. The average molecular weight is 450 g/mol. The van der Waals surface area contributed by atoms with Crippen LogP contribution in [0, 0.1) is 0 Å². The van der Waals surface area contributed by atoms with Crippen molar-refractivity contribution in [2.24, 2.45) is 0 Å². The molecule has 1 aliphatic heterocycles. The van der Waals surface area contributed by atoms with Crippen molar-refractivity contribution in [2.45, 2.75) is 51.7 Å². The SMILES string of the molecule is C=CCN1CC(C)N(C(c2ccc(C(=O)N(C)CCCC)cc2)c2cccc(O)c2)CC1C. The molecule has 2 aromatic rings. The van der Waals surface area contributed by atoms with Crippen LogP contribution < -0.4 is 0 Å². The molecule has 0 spiro atoms. The van der Waals surface area contributed by atoms with Crippen molar-refractivity contribution in [3.05, 3.63) is 77.9 Å². The number of aromatic hydroxyl groups is 1. The smallest absolute Gasteiger partial charge is 0.253 e. The highest BCUT2D eigenvalue weighted by Gasteiger charge is 2.34. The quantitative estimate of drug-likeness (QED) is 0.551. The lowest BCUT2D eigenvalue weighted by Gasteiger charge is -2.47. The van der Waals surface area contributed by atoms with Gasteiger partial charge in [-0.1, -0.05) is 43.7 Å². The van der Waals surface area contributed by atoms with E-state index < -0.39 is 0 Å². The first-order valence-corrected chi connectivity index (χ1v) is 12.1. The summed E-state index contributed by atoms with van der Waals surface area (Å²) >= 11 is 0. The molecule has 3 rings (SSSR count). The zero-order valence-electron chi connectivity index (χ0n) is 20.6. The fourth-order valence-corrected chi connectivity index (χ4v) is 4.80. The molecular formula is C28H39N3O2. The van der Waals surface area contributed by atoms with Gasteiger partial charge in [-0.25, -0.2) is 0 Å². The molecule has 1 aliphatic rings. The summed E-state index contributed by atoms with van der Waals surface area (Å²) in [4.78, 5) is 19.6. The third kappa shape index (κ3) is 6.04. The third-order valence-electron chi connectivity index (χ3n) is 6.71. The second kappa shape index (κ2) is 11.5. The Balaban J connectivity index is 1.91. The zero-order chi connectivity index (χ0) is 24.0. The summed E-state index contributed by atoms with van der Waals surface area (Å²) in [5, 5.41) is 10.2. The van der Waals surface area contributed by atoms with Crippen LogP contribution in [0.2, 0.25) is 0 Å². The highest BCUT2D eigenvalue weighted by Crippen LogP contribution is 2.34. The normalized spacial score (nSPS) is 20.4. The maximum atomic E-state index is 12.8. The summed E-state index contributed by atoms with van der Waals surface area (Å²) in [7, 11) is 1.87. The van der Waals surface area contributed by atoms with Gasteiger partial charge in [0.05, 0.1) is 6.04 Å².